The van der Waals surface area contributed by atoms with E-state index in [2.05, 4.69) is 20.8 Å². The highest BCUT2D eigenvalue weighted by molar-refractivity contribution is 5.95. The SMILES string of the molecule is CC(C)(C)C(N)CN1C(=O)CCOc2ccccc21. The van der Waals surface area contributed by atoms with Gasteiger partial charge in [0.05, 0.1) is 18.7 Å². The normalized spacial score (nSPS) is 17.5. The van der Waals surface area contributed by atoms with Crippen LogP contribution in [0.5, 0.6) is 5.75 Å². The van der Waals surface area contributed by atoms with E-state index in [-0.39, 0.29) is 17.4 Å². The summed E-state index contributed by atoms with van der Waals surface area (Å²) in [7, 11) is 0. The molecule has 1 heterocycles. The lowest BCUT2D eigenvalue weighted by Crippen LogP contribution is -2.47. The first-order chi connectivity index (χ1) is 8.89. The zero-order valence-corrected chi connectivity index (χ0v) is 11.8. The van der Waals surface area contributed by atoms with E-state index in [1.165, 1.54) is 0 Å². The maximum absolute atomic E-state index is 12.2. The van der Waals surface area contributed by atoms with Crippen LogP contribution >= 0.6 is 0 Å². The van der Waals surface area contributed by atoms with Gasteiger partial charge in [-0.15, -0.1) is 0 Å². The van der Waals surface area contributed by atoms with Crippen LogP contribution in [-0.2, 0) is 4.79 Å². The van der Waals surface area contributed by atoms with Gasteiger partial charge in [-0.05, 0) is 17.5 Å². The van der Waals surface area contributed by atoms with Gasteiger partial charge in [0.2, 0.25) is 5.91 Å². The largest absolute Gasteiger partial charge is 0.491 e. The van der Waals surface area contributed by atoms with Crippen molar-refractivity contribution < 1.29 is 9.53 Å². The molecule has 1 unspecified atom stereocenters. The van der Waals surface area contributed by atoms with E-state index >= 15 is 0 Å². The molecule has 1 aliphatic rings. The summed E-state index contributed by atoms with van der Waals surface area (Å²) >= 11 is 0. The molecular formula is C15H22N2O2. The van der Waals surface area contributed by atoms with Crippen LogP contribution < -0.4 is 15.4 Å². The van der Waals surface area contributed by atoms with Crippen molar-refractivity contribution >= 4 is 11.6 Å². The molecule has 0 fully saturated rings. The van der Waals surface area contributed by atoms with Crippen LogP contribution in [0.15, 0.2) is 24.3 Å². The highest BCUT2D eigenvalue weighted by Gasteiger charge is 2.29. The summed E-state index contributed by atoms with van der Waals surface area (Å²) < 4.78 is 5.61. The Morgan fingerprint density at radius 2 is 2.05 bits per heavy atom. The summed E-state index contributed by atoms with van der Waals surface area (Å²) in [4.78, 5) is 14.0. The van der Waals surface area contributed by atoms with Crippen LogP contribution in [0.4, 0.5) is 5.69 Å². The quantitative estimate of drug-likeness (QED) is 0.888. The van der Waals surface area contributed by atoms with Gasteiger partial charge in [0.15, 0.2) is 0 Å². The smallest absolute Gasteiger partial charge is 0.230 e. The van der Waals surface area contributed by atoms with Crippen molar-refractivity contribution in [3.8, 4) is 5.75 Å². The van der Waals surface area contributed by atoms with Crippen LogP contribution in [-0.4, -0.2) is 25.1 Å². The Hall–Kier alpha value is -1.55. The molecule has 0 aromatic heterocycles. The number of fused-ring (bicyclic) bond motifs is 1. The molecule has 0 bridgehead atoms. The molecule has 4 heteroatoms. The molecule has 2 rings (SSSR count). The van der Waals surface area contributed by atoms with Gasteiger partial charge >= 0.3 is 0 Å². The minimum absolute atomic E-state index is 0.0393. The van der Waals surface area contributed by atoms with E-state index in [1.54, 1.807) is 4.90 Å². The first-order valence-corrected chi connectivity index (χ1v) is 6.67. The third kappa shape index (κ3) is 3.07. The van der Waals surface area contributed by atoms with Crippen LogP contribution in [0.1, 0.15) is 27.2 Å². The lowest BCUT2D eigenvalue weighted by Gasteiger charge is -2.32. The monoisotopic (exact) mass is 262 g/mol. The van der Waals surface area contributed by atoms with Crippen molar-refractivity contribution in [2.45, 2.75) is 33.2 Å². The molecule has 1 aromatic rings. The summed E-state index contributed by atoms with van der Waals surface area (Å²) in [5.41, 5.74) is 7.00. The number of nitrogens with zero attached hydrogens (tertiary/aromatic N) is 1. The highest BCUT2D eigenvalue weighted by atomic mass is 16.5. The van der Waals surface area contributed by atoms with Crippen LogP contribution in [0.2, 0.25) is 0 Å². The van der Waals surface area contributed by atoms with Crippen molar-refractivity contribution in [1.82, 2.24) is 0 Å². The maximum atomic E-state index is 12.2. The molecule has 1 amide bonds. The number of nitrogens with two attached hydrogens (primary N) is 1. The Labute approximate surface area is 114 Å². The molecule has 0 spiro atoms. The second-order valence-electron chi connectivity index (χ2n) is 6.04. The fraction of sp³-hybridized carbons (Fsp3) is 0.533. The fourth-order valence-electron chi connectivity index (χ4n) is 1.99. The Kier molecular flexibility index (Phi) is 3.80. The summed E-state index contributed by atoms with van der Waals surface area (Å²) in [6, 6.07) is 7.55. The highest BCUT2D eigenvalue weighted by Crippen LogP contribution is 2.32. The van der Waals surface area contributed by atoms with E-state index in [9.17, 15) is 4.79 Å². The Morgan fingerprint density at radius 1 is 1.37 bits per heavy atom. The number of hydrogen-bond donors (Lipinski definition) is 1. The number of anilines is 1. The third-order valence-electron chi connectivity index (χ3n) is 3.52. The van der Waals surface area contributed by atoms with Gasteiger partial charge in [-0.2, -0.15) is 0 Å². The lowest BCUT2D eigenvalue weighted by molar-refractivity contribution is -0.118. The molecule has 0 aliphatic carbocycles. The molecular weight excluding hydrogens is 240 g/mol. The average Bonchev–Trinajstić information content (AvgIpc) is 2.49. The van der Waals surface area contributed by atoms with Gasteiger partial charge < -0.3 is 15.4 Å². The first-order valence-electron chi connectivity index (χ1n) is 6.67. The van der Waals surface area contributed by atoms with E-state index in [4.69, 9.17) is 10.5 Å². The second-order valence-corrected chi connectivity index (χ2v) is 6.04. The van der Waals surface area contributed by atoms with E-state index in [0.29, 0.717) is 19.6 Å². The lowest BCUT2D eigenvalue weighted by atomic mass is 9.87. The van der Waals surface area contributed by atoms with Gasteiger partial charge in [0, 0.05) is 12.6 Å². The zero-order chi connectivity index (χ0) is 14.0. The zero-order valence-electron chi connectivity index (χ0n) is 11.8. The Balaban J connectivity index is 2.29. The summed E-state index contributed by atoms with van der Waals surface area (Å²) in [5, 5.41) is 0. The number of benzene rings is 1. The fourth-order valence-corrected chi connectivity index (χ4v) is 1.99. The van der Waals surface area contributed by atoms with E-state index < -0.39 is 0 Å². The minimum atomic E-state index is -0.0809. The number of ether oxygens (including phenoxy) is 1. The van der Waals surface area contributed by atoms with Gasteiger partial charge in [-0.1, -0.05) is 32.9 Å². The topological polar surface area (TPSA) is 55.6 Å². The summed E-state index contributed by atoms with van der Waals surface area (Å²) in [6.45, 7) is 7.20. The Morgan fingerprint density at radius 3 is 2.74 bits per heavy atom. The molecule has 1 aromatic carbocycles. The number of rotatable bonds is 2. The summed E-state index contributed by atoms with van der Waals surface area (Å²) in [6.07, 6.45) is 0.394. The minimum Gasteiger partial charge on any atom is -0.491 e. The van der Waals surface area contributed by atoms with E-state index in [0.717, 1.165) is 11.4 Å². The Bertz CT molecular complexity index is 465. The standard InChI is InChI=1S/C15H22N2O2/c1-15(2,3)13(16)10-17-11-6-4-5-7-12(11)19-9-8-14(17)18/h4-7,13H,8-10,16H2,1-3H3. The maximum Gasteiger partial charge on any atom is 0.230 e. The molecule has 4 nitrogen and oxygen atoms in total. The third-order valence-corrected chi connectivity index (χ3v) is 3.52. The van der Waals surface area contributed by atoms with Crippen molar-refractivity contribution in [1.29, 1.82) is 0 Å². The molecule has 104 valence electrons. The number of carbonyl (C=O) groups excluding carboxylic acids is 1. The van der Waals surface area contributed by atoms with Gasteiger partial charge in [-0.3, -0.25) is 4.79 Å². The number of amides is 1. The van der Waals surface area contributed by atoms with Crippen molar-refractivity contribution in [3.05, 3.63) is 24.3 Å². The molecule has 0 radical (unpaired) electrons. The first kappa shape index (κ1) is 13.9. The molecule has 0 saturated carbocycles. The molecule has 0 saturated heterocycles. The second kappa shape index (κ2) is 5.21. The number of carbonyl (C=O) groups is 1. The van der Waals surface area contributed by atoms with Crippen LogP contribution in [0.25, 0.3) is 0 Å². The van der Waals surface area contributed by atoms with E-state index in [1.807, 2.05) is 24.3 Å². The van der Waals surface area contributed by atoms with Crippen LogP contribution in [0, 0.1) is 5.41 Å². The van der Waals surface area contributed by atoms with Crippen molar-refractivity contribution in [2.24, 2.45) is 11.1 Å². The summed E-state index contributed by atoms with van der Waals surface area (Å²) in [5.74, 6) is 0.833. The average molecular weight is 262 g/mol. The number of hydrogen-bond acceptors (Lipinski definition) is 3. The molecule has 1 atom stereocenters. The van der Waals surface area contributed by atoms with Crippen LogP contribution in [0.3, 0.4) is 0 Å². The predicted molar refractivity (Wildman–Crippen MR) is 76.3 cm³/mol. The van der Waals surface area contributed by atoms with Crippen molar-refractivity contribution in [3.63, 3.8) is 0 Å². The number of para-hydroxylation sites is 2. The van der Waals surface area contributed by atoms with Gasteiger partial charge in [0.25, 0.3) is 0 Å². The predicted octanol–water partition coefficient (Wildman–Crippen LogP) is 2.18. The van der Waals surface area contributed by atoms with Gasteiger partial charge in [0.1, 0.15) is 5.75 Å². The molecule has 1 aliphatic heterocycles. The van der Waals surface area contributed by atoms with Gasteiger partial charge in [-0.25, -0.2) is 0 Å². The molecule has 2 N–H and O–H groups in total. The van der Waals surface area contributed by atoms with Crippen molar-refractivity contribution in [2.75, 3.05) is 18.1 Å². The molecule has 19 heavy (non-hydrogen) atoms.